The Balaban J connectivity index is 1.63. The third kappa shape index (κ3) is 3.18. The fourth-order valence-electron chi connectivity index (χ4n) is 3.53. The molecule has 4 atom stereocenters. The van der Waals surface area contributed by atoms with Crippen LogP contribution in [0.2, 0.25) is 0 Å². The van der Waals surface area contributed by atoms with E-state index >= 15 is 0 Å². The second-order valence-electron chi connectivity index (χ2n) is 6.75. The third-order valence-corrected chi connectivity index (χ3v) is 4.92. The topological polar surface area (TPSA) is 149 Å². The number of imidazole rings is 1. The number of aliphatic hydroxyl groups excluding tert-OH is 1. The molecule has 10 nitrogen and oxygen atoms in total. The number of hydrogen-bond donors (Lipinski definition) is 4. The van der Waals surface area contributed by atoms with Gasteiger partial charge in [0.15, 0.2) is 11.2 Å². The zero-order valence-electron chi connectivity index (χ0n) is 15.1. The van der Waals surface area contributed by atoms with Crippen molar-refractivity contribution in [3.05, 3.63) is 47.0 Å². The lowest BCUT2D eigenvalue weighted by atomic mass is 9.78. The van der Waals surface area contributed by atoms with Gasteiger partial charge in [-0.3, -0.25) is 14.3 Å². The van der Waals surface area contributed by atoms with Crippen molar-refractivity contribution in [2.24, 2.45) is 5.92 Å². The van der Waals surface area contributed by atoms with Crippen molar-refractivity contribution in [3.8, 4) is 0 Å². The molecule has 0 spiro atoms. The lowest BCUT2D eigenvalue weighted by Gasteiger charge is -2.23. The average molecular weight is 385 g/mol. The predicted octanol–water partition coefficient (Wildman–Crippen LogP) is -0.999. The lowest BCUT2D eigenvalue weighted by molar-refractivity contribution is -0.0431. The highest BCUT2D eigenvalue weighted by Crippen LogP contribution is 2.37. The van der Waals surface area contributed by atoms with Crippen molar-refractivity contribution < 1.29 is 19.5 Å². The molecule has 11 heteroatoms. The minimum absolute atomic E-state index is 0.0316. The van der Waals surface area contributed by atoms with E-state index in [4.69, 9.17) is 15.1 Å². The highest BCUT2D eigenvalue weighted by atomic mass is 16.6. The van der Waals surface area contributed by atoms with E-state index < -0.39 is 31.1 Å². The van der Waals surface area contributed by atoms with Gasteiger partial charge in [-0.15, -0.1) is 0 Å². The number of benzene rings is 1. The van der Waals surface area contributed by atoms with Crippen molar-refractivity contribution in [2.75, 3.05) is 12.3 Å². The monoisotopic (exact) mass is 385 g/mol. The van der Waals surface area contributed by atoms with Gasteiger partial charge in [-0.2, -0.15) is 4.98 Å². The summed E-state index contributed by atoms with van der Waals surface area (Å²) < 4.78 is 13.4. The second-order valence-corrected chi connectivity index (χ2v) is 6.75. The molecule has 3 unspecified atom stereocenters. The fourth-order valence-corrected chi connectivity index (χ4v) is 3.53. The Morgan fingerprint density at radius 2 is 2.14 bits per heavy atom. The molecule has 28 heavy (non-hydrogen) atoms. The molecule has 0 radical (unpaired) electrons. The van der Waals surface area contributed by atoms with Gasteiger partial charge in [-0.25, -0.2) is 4.98 Å². The molecule has 3 aromatic rings. The Hall–Kier alpha value is -2.73. The summed E-state index contributed by atoms with van der Waals surface area (Å²) in [6, 6.07) is 8.94. The lowest BCUT2D eigenvalue weighted by Crippen LogP contribution is -2.43. The first-order valence-corrected chi connectivity index (χ1v) is 8.86. The van der Waals surface area contributed by atoms with Crippen LogP contribution in [-0.4, -0.2) is 55.6 Å². The first-order valence-electron chi connectivity index (χ1n) is 8.86. The smallest absolute Gasteiger partial charge is 0.423 e. The average Bonchev–Trinajstić information content (AvgIpc) is 3.24. The maximum absolute atomic E-state index is 12.0. The van der Waals surface area contributed by atoms with Crippen molar-refractivity contribution in [3.63, 3.8) is 0 Å². The van der Waals surface area contributed by atoms with E-state index in [9.17, 15) is 14.9 Å². The number of anilines is 1. The molecule has 146 valence electrons. The predicted molar refractivity (Wildman–Crippen MR) is 102 cm³/mol. The normalized spacial score (nSPS) is 24.7. The van der Waals surface area contributed by atoms with E-state index in [0.717, 1.165) is 0 Å². The Morgan fingerprint density at radius 1 is 1.39 bits per heavy atom. The zero-order chi connectivity index (χ0) is 19.8. The first kappa shape index (κ1) is 18.6. The highest BCUT2D eigenvalue weighted by Gasteiger charge is 2.45. The number of aromatic nitrogens is 4. The summed E-state index contributed by atoms with van der Waals surface area (Å²) >= 11 is 0. The molecule has 0 saturated carbocycles. The second kappa shape index (κ2) is 7.36. The summed E-state index contributed by atoms with van der Waals surface area (Å²) in [7, 11) is -1.17. The summed E-state index contributed by atoms with van der Waals surface area (Å²) in [4.78, 5) is 22.6. The molecule has 0 amide bonds. The van der Waals surface area contributed by atoms with Gasteiger partial charge in [-0.1, -0.05) is 37.3 Å². The quantitative estimate of drug-likeness (QED) is 0.409. The summed E-state index contributed by atoms with van der Waals surface area (Å²) in [6.45, 7) is 1.57. The van der Waals surface area contributed by atoms with Gasteiger partial charge < -0.3 is 25.3 Å². The van der Waals surface area contributed by atoms with Gasteiger partial charge in [0, 0.05) is 5.92 Å². The number of aliphatic hydroxyl groups is 1. The number of aromatic amines is 1. The van der Waals surface area contributed by atoms with Crippen LogP contribution in [0.1, 0.15) is 13.2 Å². The van der Waals surface area contributed by atoms with Crippen LogP contribution in [0.3, 0.4) is 0 Å². The number of nitrogens with zero attached hydrogens (tertiary/aromatic N) is 3. The molecule has 1 aliphatic rings. The van der Waals surface area contributed by atoms with Crippen molar-refractivity contribution >= 4 is 29.7 Å². The van der Waals surface area contributed by atoms with Gasteiger partial charge in [0.1, 0.15) is 12.3 Å². The molecule has 4 rings (SSSR count). The van der Waals surface area contributed by atoms with Crippen LogP contribution in [0, 0.1) is 5.92 Å². The molecule has 1 saturated heterocycles. The molecular weight excluding hydrogens is 365 g/mol. The maximum Gasteiger partial charge on any atom is 0.491 e. The van der Waals surface area contributed by atoms with E-state index in [-0.39, 0.29) is 29.6 Å². The van der Waals surface area contributed by atoms with Crippen molar-refractivity contribution in [1.29, 1.82) is 0 Å². The number of H-pyrrole nitrogens is 1. The first-order chi connectivity index (χ1) is 13.5. The zero-order valence-corrected chi connectivity index (χ0v) is 15.1. The summed E-state index contributed by atoms with van der Waals surface area (Å²) in [5.41, 5.74) is 6.22. The third-order valence-electron chi connectivity index (χ3n) is 4.92. The molecule has 0 aliphatic carbocycles. The number of ether oxygens (including phenoxy) is 1. The van der Waals surface area contributed by atoms with E-state index in [1.807, 2.05) is 13.0 Å². The van der Waals surface area contributed by atoms with E-state index in [0.29, 0.717) is 5.46 Å². The molecule has 1 aromatic carbocycles. The van der Waals surface area contributed by atoms with Crippen LogP contribution in [-0.2, 0) is 9.39 Å². The van der Waals surface area contributed by atoms with Gasteiger partial charge in [-0.05, 0) is 5.46 Å². The molecule has 1 fully saturated rings. The summed E-state index contributed by atoms with van der Waals surface area (Å²) in [6.07, 6.45) is -0.432. The largest absolute Gasteiger partial charge is 0.491 e. The number of nitrogens with two attached hydrogens (primary N) is 1. The van der Waals surface area contributed by atoms with Crippen LogP contribution in [0.25, 0.3) is 11.2 Å². The number of fused-ring (bicyclic) bond motifs is 1. The summed E-state index contributed by atoms with van der Waals surface area (Å²) in [5, 5.41) is 20.2. The number of rotatable bonds is 5. The molecule has 0 bridgehead atoms. The summed E-state index contributed by atoms with van der Waals surface area (Å²) in [5.74, 6) is -0.314. The molecular formula is C17H20BN5O5. The van der Waals surface area contributed by atoms with Gasteiger partial charge in [0.05, 0.1) is 19.0 Å². The van der Waals surface area contributed by atoms with Crippen molar-refractivity contribution in [2.45, 2.75) is 25.4 Å². The molecule has 5 N–H and O–H groups in total. The van der Waals surface area contributed by atoms with Crippen molar-refractivity contribution in [1.82, 2.24) is 19.5 Å². The van der Waals surface area contributed by atoms with Crippen LogP contribution in [0.15, 0.2) is 41.5 Å². The van der Waals surface area contributed by atoms with Crippen LogP contribution >= 0.6 is 0 Å². The number of nitrogens with one attached hydrogen (secondary N) is 1. The van der Waals surface area contributed by atoms with Gasteiger partial charge in [0.2, 0.25) is 5.95 Å². The Labute approximate surface area is 160 Å². The number of nitrogen functional groups attached to an aromatic ring is 1. The van der Waals surface area contributed by atoms with Crippen LogP contribution in [0.5, 0.6) is 0 Å². The van der Waals surface area contributed by atoms with Gasteiger partial charge in [0.25, 0.3) is 5.56 Å². The minimum atomic E-state index is -1.17. The van der Waals surface area contributed by atoms with E-state index in [2.05, 4.69) is 15.0 Å². The minimum Gasteiger partial charge on any atom is -0.423 e. The molecule has 2 aromatic heterocycles. The standard InChI is InChI=1S/C17H20BN5O5/c1-9-13(28-18(26)10-5-3-2-4-6-10)11(7-24)27-16(9)23-8-20-12-14(23)21-17(19)22-15(12)25/h2-6,8-9,11,13,16,24,26H,7H2,1H3,(H3,19,21,22,25)/t9?,11-,13?,16?/m1/s1. The maximum atomic E-state index is 12.0. The fraction of sp³-hybridized carbons (Fsp3) is 0.353. The highest BCUT2D eigenvalue weighted by molar-refractivity contribution is 6.60. The van der Waals surface area contributed by atoms with Gasteiger partial charge >= 0.3 is 7.12 Å². The van der Waals surface area contributed by atoms with Crippen LogP contribution in [0.4, 0.5) is 5.95 Å². The Bertz CT molecular complexity index is 1030. The van der Waals surface area contributed by atoms with E-state index in [1.165, 1.54) is 6.33 Å². The van der Waals surface area contributed by atoms with Crippen LogP contribution < -0.4 is 16.8 Å². The Kier molecular flexibility index (Phi) is 4.90. The molecule has 1 aliphatic heterocycles. The van der Waals surface area contributed by atoms with E-state index in [1.54, 1.807) is 28.8 Å². The Morgan fingerprint density at radius 3 is 2.86 bits per heavy atom. The number of hydrogen-bond acceptors (Lipinski definition) is 8. The molecule has 3 heterocycles. The SMILES string of the molecule is CC1C(OB(O)c2ccccc2)[C@@H](CO)OC1n1cnc2c(=O)[nH]c(N)nc21.